The molecular formula is C23H29N3O2. The lowest BCUT2D eigenvalue weighted by Crippen LogP contribution is -2.27. The van der Waals surface area contributed by atoms with Gasteiger partial charge in [0, 0.05) is 31.5 Å². The number of rotatable bonds is 8. The molecule has 1 aromatic carbocycles. The Morgan fingerprint density at radius 3 is 2.71 bits per heavy atom. The third kappa shape index (κ3) is 4.60. The molecule has 0 atom stereocenters. The van der Waals surface area contributed by atoms with Crippen molar-refractivity contribution in [3.8, 4) is 11.3 Å². The first kappa shape index (κ1) is 20.1. The van der Waals surface area contributed by atoms with Crippen LogP contribution in [0.4, 0.5) is 0 Å². The van der Waals surface area contributed by atoms with Gasteiger partial charge in [-0.15, -0.1) is 0 Å². The number of fused-ring (bicyclic) bond motifs is 1. The fourth-order valence-corrected chi connectivity index (χ4v) is 3.25. The molecule has 2 aromatic heterocycles. The standard InChI is InChI=1S/C23H29N3O2/c1-5-28-12-6-10-24-22(27)15-20-23(19-8-7-17(3)18(4)14-19)25-21-13-16(2)9-11-26(20)21/h7-9,11,13-14H,5-6,10,12,15H2,1-4H3,(H,24,27). The summed E-state index contributed by atoms with van der Waals surface area (Å²) in [5.74, 6) is 0.00366. The number of nitrogens with zero attached hydrogens (tertiary/aromatic N) is 2. The fraction of sp³-hybridized carbons (Fsp3) is 0.391. The van der Waals surface area contributed by atoms with Crippen molar-refractivity contribution in [3.05, 3.63) is 58.9 Å². The van der Waals surface area contributed by atoms with Crippen molar-refractivity contribution in [2.24, 2.45) is 0 Å². The number of ether oxygens (including phenoxy) is 1. The molecule has 28 heavy (non-hydrogen) atoms. The maximum absolute atomic E-state index is 12.6. The van der Waals surface area contributed by atoms with Gasteiger partial charge < -0.3 is 14.5 Å². The minimum Gasteiger partial charge on any atom is -0.382 e. The molecule has 0 unspecified atom stereocenters. The average Bonchev–Trinajstić information content (AvgIpc) is 3.01. The molecule has 0 saturated heterocycles. The normalized spacial score (nSPS) is 11.1. The number of hydrogen-bond acceptors (Lipinski definition) is 3. The lowest BCUT2D eigenvalue weighted by atomic mass is 10.0. The quantitative estimate of drug-likeness (QED) is 0.602. The minimum absolute atomic E-state index is 0.00366. The lowest BCUT2D eigenvalue weighted by Gasteiger charge is -2.09. The number of carbonyl (C=O) groups excluding carboxylic acids is 1. The highest BCUT2D eigenvalue weighted by molar-refractivity contribution is 5.81. The molecule has 0 radical (unpaired) electrons. The van der Waals surface area contributed by atoms with Crippen LogP contribution in [0.5, 0.6) is 0 Å². The van der Waals surface area contributed by atoms with Crippen LogP contribution in [0.2, 0.25) is 0 Å². The van der Waals surface area contributed by atoms with E-state index in [0.717, 1.165) is 34.6 Å². The SMILES string of the molecule is CCOCCCNC(=O)Cc1c(-c2ccc(C)c(C)c2)nc2cc(C)ccn12. The van der Waals surface area contributed by atoms with Gasteiger partial charge in [-0.2, -0.15) is 0 Å². The van der Waals surface area contributed by atoms with Crippen LogP contribution in [-0.4, -0.2) is 35.1 Å². The van der Waals surface area contributed by atoms with Crippen LogP contribution in [0.3, 0.4) is 0 Å². The summed E-state index contributed by atoms with van der Waals surface area (Å²) >= 11 is 0. The van der Waals surface area contributed by atoms with Crippen LogP contribution in [0.1, 0.15) is 35.7 Å². The van der Waals surface area contributed by atoms with Gasteiger partial charge in [-0.25, -0.2) is 4.98 Å². The maximum Gasteiger partial charge on any atom is 0.226 e. The number of aromatic nitrogens is 2. The van der Waals surface area contributed by atoms with Crippen LogP contribution in [-0.2, 0) is 16.0 Å². The summed E-state index contributed by atoms with van der Waals surface area (Å²) in [4.78, 5) is 17.4. The predicted molar refractivity (Wildman–Crippen MR) is 113 cm³/mol. The van der Waals surface area contributed by atoms with Gasteiger partial charge in [0.15, 0.2) is 0 Å². The molecule has 3 rings (SSSR count). The Morgan fingerprint density at radius 1 is 1.14 bits per heavy atom. The van der Waals surface area contributed by atoms with Crippen molar-refractivity contribution in [1.29, 1.82) is 0 Å². The van der Waals surface area contributed by atoms with Crippen molar-refractivity contribution in [2.45, 2.75) is 40.5 Å². The number of imidazole rings is 1. The number of benzene rings is 1. The zero-order valence-electron chi connectivity index (χ0n) is 17.2. The molecule has 5 nitrogen and oxygen atoms in total. The highest BCUT2D eigenvalue weighted by Crippen LogP contribution is 2.27. The fourth-order valence-electron chi connectivity index (χ4n) is 3.25. The second kappa shape index (κ2) is 9.02. The third-order valence-corrected chi connectivity index (χ3v) is 4.98. The van der Waals surface area contributed by atoms with E-state index in [9.17, 15) is 4.79 Å². The van der Waals surface area contributed by atoms with Gasteiger partial charge in [-0.05, 0) is 69.0 Å². The number of carbonyl (C=O) groups is 1. The van der Waals surface area contributed by atoms with Crippen molar-refractivity contribution in [3.63, 3.8) is 0 Å². The zero-order valence-corrected chi connectivity index (χ0v) is 17.2. The van der Waals surface area contributed by atoms with Crippen LogP contribution in [0, 0.1) is 20.8 Å². The molecule has 0 aliphatic rings. The molecule has 5 heteroatoms. The molecule has 0 aliphatic carbocycles. The van der Waals surface area contributed by atoms with Gasteiger partial charge in [0.25, 0.3) is 0 Å². The first-order valence-corrected chi connectivity index (χ1v) is 9.89. The van der Waals surface area contributed by atoms with E-state index < -0.39 is 0 Å². The molecular weight excluding hydrogens is 350 g/mol. The summed E-state index contributed by atoms with van der Waals surface area (Å²) in [6.45, 7) is 10.2. The van der Waals surface area contributed by atoms with Crippen LogP contribution >= 0.6 is 0 Å². The summed E-state index contributed by atoms with van der Waals surface area (Å²) in [5.41, 5.74) is 7.32. The topological polar surface area (TPSA) is 55.6 Å². The first-order valence-electron chi connectivity index (χ1n) is 9.89. The molecule has 1 N–H and O–H groups in total. The Bertz CT molecular complexity index is 975. The van der Waals surface area contributed by atoms with Crippen LogP contribution in [0.25, 0.3) is 16.9 Å². The molecule has 0 spiro atoms. The summed E-state index contributed by atoms with van der Waals surface area (Å²) in [7, 11) is 0. The van der Waals surface area contributed by atoms with Gasteiger partial charge in [-0.1, -0.05) is 12.1 Å². The highest BCUT2D eigenvalue weighted by atomic mass is 16.5. The molecule has 0 bridgehead atoms. The summed E-state index contributed by atoms with van der Waals surface area (Å²) in [6, 6.07) is 10.4. The summed E-state index contributed by atoms with van der Waals surface area (Å²) in [6.07, 6.45) is 3.11. The van der Waals surface area contributed by atoms with E-state index in [0.29, 0.717) is 26.2 Å². The largest absolute Gasteiger partial charge is 0.382 e. The molecule has 1 amide bonds. The van der Waals surface area contributed by atoms with E-state index >= 15 is 0 Å². The van der Waals surface area contributed by atoms with Crippen molar-refractivity contribution < 1.29 is 9.53 Å². The van der Waals surface area contributed by atoms with Gasteiger partial charge in [0.1, 0.15) is 5.65 Å². The predicted octanol–water partition coefficient (Wildman–Crippen LogP) is 4.01. The van der Waals surface area contributed by atoms with Gasteiger partial charge in [0.05, 0.1) is 17.8 Å². The molecule has 0 aliphatic heterocycles. The van der Waals surface area contributed by atoms with Crippen LogP contribution in [0.15, 0.2) is 36.5 Å². The lowest BCUT2D eigenvalue weighted by molar-refractivity contribution is -0.120. The van der Waals surface area contributed by atoms with E-state index in [1.807, 2.05) is 29.7 Å². The van der Waals surface area contributed by atoms with E-state index in [2.05, 4.69) is 44.3 Å². The average molecular weight is 380 g/mol. The maximum atomic E-state index is 12.6. The zero-order chi connectivity index (χ0) is 20.1. The Morgan fingerprint density at radius 2 is 1.96 bits per heavy atom. The number of aryl methyl sites for hydroxylation is 3. The number of hydrogen-bond donors (Lipinski definition) is 1. The van der Waals surface area contributed by atoms with Crippen LogP contribution < -0.4 is 5.32 Å². The minimum atomic E-state index is 0.00366. The third-order valence-electron chi connectivity index (χ3n) is 4.98. The van der Waals surface area contributed by atoms with Gasteiger partial charge in [0.2, 0.25) is 5.91 Å². The summed E-state index contributed by atoms with van der Waals surface area (Å²) < 4.78 is 7.35. The van der Waals surface area contributed by atoms with E-state index in [1.54, 1.807) is 0 Å². The van der Waals surface area contributed by atoms with E-state index in [4.69, 9.17) is 9.72 Å². The molecule has 0 fully saturated rings. The summed E-state index contributed by atoms with van der Waals surface area (Å²) in [5, 5.41) is 3.00. The first-order chi connectivity index (χ1) is 13.5. The second-order valence-electron chi connectivity index (χ2n) is 7.22. The second-order valence-corrected chi connectivity index (χ2v) is 7.22. The Kier molecular flexibility index (Phi) is 6.47. The highest BCUT2D eigenvalue weighted by Gasteiger charge is 2.17. The molecule has 148 valence electrons. The van der Waals surface area contributed by atoms with Gasteiger partial charge >= 0.3 is 0 Å². The van der Waals surface area contributed by atoms with E-state index in [-0.39, 0.29) is 5.91 Å². The van der Waals surface area contributed by atoms with Crippen molar-refractivity contribution >= 4 is 11.6 Å². The number of pyridine rings is 1. The monoisotopic (exact) mass is 379 g/mol. The Balaban J connectivity index is 1.88. The number of nitrogens with one attached hydrogen (secondary N) is 1. The Labute approximate surface area is 166 Å². The molecule has 2 heterocycles. The van der Waals surface area contributed by atoms with E-state index in [1.165, 1.54) is 11.1 Å². The van der Waals surface area contributed by atoms with Crippen molar-refractivity contribution in [2.75, 3.05) is 19.8 Å². The van der Waals surface area contributed by atoms with Gasteiger partial charge in [-0.3, -0.25) is 4.79 Å². The van der Waals surface area contributed by atoms with Crippen molar-refractivity contribution in [1.82, 2.24) is 14.7 Å². The molecule has 0 saturated carbocycles. The molecule has 3 aromatic rings. The number of amides is 1. The Hall–Kier alpha value is -2.66. The smallest absolute Gasteiger partial charge is 0.226 e.